The lowest BCUT2D eigenvalue weighted by atomic mass is 10.4. The number of rotatable bonds is 3. The first kappa shape index (κ1) is 12.1. The summed E-state index contributed by atoms with van der Waals surface area (Å²) >= 11 is 0. The van der Waals surface area contributed by atoms with Gasteiger partial charge in [-0.25, -0.2) is 9.99 Å². The fourth-order valence-corrected chi connectivity index (χ4v) is 1.73. The molecule has 1 aliphatic rings. The van der Waals surface area contributed by atoms with Gasteiger partial charge in [-0.2, -0.15) is 0 Å². The quantitative estimate of drug-likeness (QED) is 0.830. The van der Waals surface area contributed by atoms with E-state index in [1.165, 1.54) is 0 Å². The van der Waals surface area contributed by atoms with Crippen LogP contribution in [0.4, 0.5) is 5.82 Å². The van der Waals surface area contributed by atoms with E-state index in [4.69, 9.17) is 4.74 Å². The van der Waals surface area contributed by atoms with Crippen molar-refractivity contribution in [3.05, 3.63) is 22.7 Å². The normalized spacial score (nSPS) is 17.4. The van der Waals surface area contributed by atoms with Gasteiger partial charge in [0.05, 0.1) is 13.2 Å². The molecule has 1 fully saturated rings. The van der Waals surface area contributed by atoms with E-state index in [0.29, 0.717) is 19.0 Å². The van der Waals surface area contributed by atoms with Crippen molar-refractivity contribution in [3.8, 4) is 0 Å². The van der Waals surface area contributed by atoms with Gasteiger partial charge in [-0.1, -0.05) is 0 Å². The first-order chi connectivity index (χ1) is 8.18. The van der Waals surface area contributed by atoms with Gasteiger partial charge in [-0.3, -0.25) is 10.2 Å². The van der Waals surface area contributed by atoms with Gasteiger partial charge in [-0.15, -0.1) is 0 Å². The van der Waals surface area contributed by atoms with Crippen LogP contribution in [0.15, 0.2) is 17.2 Å². The fourth-order valence-electron chi connectivity index (χ4n) is 1.73. The van der Waals surface area contributed by atoms with Gasteiger partial charge in [0.15, 0.2) is 0 Å². The summed E-state index contributed by atoms with van der Waals surface area (Å²) < 4.78 is 6.91. The number of anilines is 1. The van der Waals surface area contributed by atoms with E-state index in [1.807, 2.05) is 18.9 Å². The molecule has 0 aromatic carbocycles. The van der Waals surface area contributed by atoms with Crippen LogP contribution >= 0.6 is 0 Å². The summed E-state index contributed by atoms with van der Waals surface area (Å²) in [6, 6.07) is 0.135. The number of ether oxygens (including phenoxy) is 1. The molecule has 1 N–H and O–H groups in total. The van der Waals surface area contributed by atoms with Gasteiger partial charge >= 0.3 is 0 Å². The molecule has 0 saturated carbocycles. The van der Waals surface area contributed by atoms with Crippen LogP contribution in [0.2, 0.25) is 0 Å². The van der Waals surface area contributed by atoms with Crippen LogP contribution in [-0.4, -0.2) is 40.9 Å². The van der Waals surface area contributed by atoms with Crippen LogP contribution in [-0.2, 0) is 4.74 Å². The van der Waals surface area contributed by atoms with Gasteiger partial charge in [0.2, 0.25) is 5.82 Å². The van der Waals surface area contributed by atoms with Crippen LogP contribution in [0, 0.1) is 0 Å². The maximum Gasteiger partial charge on any atom is 0.294 e. The van der Waals surface area contributed by atoms with Crippen molar-refractivity contribution in [2.45, 2.75) is 19.9 Å². The Hall–Kier alpha value is -1.40. The minimum absolute atomic E-state index is 0.0889. The third-order valence-corrected chi connectivity index (χ3v) is 2.70. The first-order valence-electron chi connectivity index (χ1n) is 5.85. The van der Waals surface area contributed by atoms with Crippen molar-refractivity contribution < 1.29 is 4.74 Å². The molecule has 1 aromatic heterocycles. The van der Waals surface area contributed by atoms with Crippen molar-refractivity contribution in [1.29, 1.82) is 0 Å². The number of nitrogens with one attached hydrogen (secondary N) is 1. The summed E-state index contributed by atoms with van der Waals surface area (Å²) in [7, 11) is 0. The highest BCUT2D eigenvalue weighted by atomic mass is 16.5. The van der Waals surface area contributed by atoms with Crippen LogP contribution < -0.4 is 11.0 Å². The number of nitrogens with zero attached hydrogens (tertiary/aromatic N) is 3. The monoisotopic (exact) mass is 238 g/mol. The van der Waals surface area contributed by atoms with Gasteiger partial charge in [0.1, 0.15) is 0 Å². The van der Waals surface area contributed by atoms with Crippen molar-refractivity contribution in [1.82, 2.24) is 14.6 Å². The Morgan fingerprint density at radius 2 is 2.12 bits per heavy atom. The molecule has 2 rings (SSSR count). The summed E-state index contributed by atoms with van der Waals surface area (Å²) in [6.45, 7) is 6.83. The zero-order valence-electron chi connectivity index (χ0n) is 10.2. The van der Waals surface area contributed by atoms with Gasteiger partial charge in [0.25, 0.3) is 5.56 Å². The predicted octanol–water partition coefficient (Wildman–Crippen LogP) is 0.483. The summed E-state index contributed by atoms with van der Waals surface area (Å²) in [5.41, 5.74) is 2.96. The highest BCUT2D eigenvalue weighted by molar-refractivity contribution is 5.29. The standard InChI is InChI=1S/C11H18N4O2/c1-9(2)15-4-3-12-10(11(15)16)13-14-5-7-17-8-6-14/h3-4,9H,5-8H2,1-2H3,(H,12,13). The number of hydrogen-bond donors (Lipinski definition) is 1. The van der Waals surface area contributed by atoms with E-state index in [1.54, 1.807) is 17.0 Å². The Labute approximate surface area is 100 Å². The third-order valence-electron chi connectivity index (χ3n) is 2.70. The molecule has 0 spiro atoms. The smallest absolute Gasteiger partial charge is 0.294 e. The average Bonchev–Trinajstić information content (AvgIpc) is 2.33. The van der Waals surface area contributed by atoms with Gasteiger partial charge in [-0.05, 0) is 13.8 Å². The molecule has 6 nitrogen and oxygen atoms in total. The molecule has 2 heterocycles. The lowest BCUT2D eigenvalue weighted by molar-refractivity contribution is 0.0494. The number of morpholine rings is 1. The van der Waals surface area contributed by atoms with E-state index >= 15 is 0 Å². The maximum absolute atomic E-state index is 12.1. The summed E-state index contributed by atoms with van der Waals surface area (Å²) in [5, 5.41) is 1.96. The molecular formula is C11H18N4O2. The summed E-state index contributed by atoms with van der Waals surface area (Å²) in [4.78, 5) is 16.2. The van der Waals surface area contributed by atoms with Crippen molar-refractivity contribution in [3.63, 3.8) is 0 Å². The molecule has 6 heteroatoms. The molecular weight excluding hydrogens is 220 g/mol. The Bertz CT molecular complexity index is 424. The van der Waals surface area contributed by atoms with Gasteiger partial charge < -0.3 is 9.30 Å². The highest BCUT2D eigenvalue weighted by Crippen LogP contribution is 2.03. The molecule has 0 aliphatic carbocycles. The maximum atomic E-state index is 12.1. The average molecular weight is 238 g/mol. The molecule has 0 amide bonds. The third kappa shape index (κ3) is 2.83. The number of hydrogen-bond acceptors (Lipinski definition) is 5. The topological polar surface area (TPSA) is 59.4 Å². The SMILES string of the molecule is CC(C)n1ccnc(NN2CCOCC2)c1=O. The van der Waals surface area contributed by atoms with Crippen LogP contribution in [0.5, 0.6) is 0 Å². The fraction of sp³-hybridized carbons (Fsp3) is 0.636. The number of aromatic nitrogens is 2. The largest absolute Gasteiger partial charge is 0.379 e. The molecule has 0 atom stereocenters. The van der Waals surface area contributed by atoms with Crippen molar-refractivity contribution >= 4 is 5.82 Å². The molecule has 17 heavy (non-hydrogen) atoms. The molecule has 1 aliphatic heterocycles. The Kier molecular flexibility index (Phi) is 3.75. The first-order valence-corrected chi connectivity index (χ1v) is 5.85. The Morgan fingerprint density at radius 1 is 1.41 bits per heavy atom. The molecule has 1 saturated heterocycles. The van der Waals surface area contributed by atoms with E-state index in [9.17, 15) is 4.79 Å². The zero-order chi connectivity index (χ0) is 12.3. The van der Waals surface area contributed by atoms with Crippen molar-refractivity contribution in [2.75, 3.05) is 31.7 Å². The Balaban J connectivity index is 2.15. The molecule has 1 aromatic rings. The molecule has 0 bridgehead atoms. The second-order valence-corrected chi connectivity index (χ2v) is 4.29. The van der Waals surface area contributed by atoms with Crippen LogP contribution in [0.25, 0.3) is 0 Å². The molecule has 0 radical (unpaired) electrons. The second kappa shape index (κ2) is 5.29. The van der Waals surface area contributed by atoms with E-state index in [2.05, 4.69) is 10.4 Å². The second-order valence-electron chi connectivity index (χ2n) is 4.29. The van der Waals surface area contributed by atoms with E-state index in [0.717, 1.165) is 13.1 Å². The minimum Gasteiger partial charge on any atom is -0.379 e. The lowest BCUT2D eigenvalue weighted by Crippen LogP contribution is -2.42. The predicted molar refractivity (Wildman–Crippen MR) is 64.9 cm³/mol. The number of hydrazine groups is 1. The van der Waals surface area contributed by atoms with Crippen LogP contribution in [0.3, 0.4) is 0 Å². The van der Waals surface area contributed by atoms with Gasteiger partial charge in [0, 0.05) is 31.5 Å². The molecule has 0 unspecified atom stereocenters. The summed E-state index contributed by atoms with van der Waals surface area (Å²) in [5.74, 6) is 0.378. The molecule has 94 valence electrons. The lowest BCUT2D eigenvalue weighted by Gasteiger charge is -2.27. The Morgan fingerprint density at radius 3 is 2.76 bits per heavy atom. The van der Waals surface area contributed by atoms with Crippen LogP contribution in [0.1, 0.15) is 19.9 Å². The zero-order valence-corrected chi connectivity index (χ0v) is 10.2. The van der Waals surface area contributed by atoms with E-state index in [-0.39, 0.29) is 11.6 Å². The summed E-state index contributed by atoms with van der Waals surface area (Å²) in [6.07, 6.45) is 3.35. The highest BCUT2D eigenvalue weighted by Gasteiger charge is 2.13. The van der Waals surface area contributed by atoms with Crippen molar-refractivity contribution in [2.24, 2.45) is 0 Å². The minimum atomic E-state index is -0.0889. The van der Waals surface area contributed by atoms with E-state index < -0.39 is 0 Å².